The van der Waals surface area contributed by atoms with E-state index in [4.69, 9.17) is 0 Å². The highest BCUT2D eigenvalue weighted by atomic mass is 32.1. The minimum atomic E-state index is 0.0334. The highest BCUT2D eigenvalue weighted by Crippen LogP contribution is 2.14. The summed E-state index contributed by atoms with van der Waals surface area (Å²) in [5.74, 6) is 0.138. The lowest BCUT2D eigenvalue weighted by Gasteiger charge is -2.09. The molecule has 0 aromatic carbocycles. The van der Waals surface area contributed by atoms with Crippen molar-refractivity contribution in [1.29, 1.82) is 0 Å². The van der Waals surface area contributed by atoms with Gasteiger partial charge in [0.2, 0.25) is 5.91 Å². The van der Waals surface area contributed by atoms with Crippen molar-refractivity contribution < 1.29 is 4.79 Å². The number of carbonyl (C=O) groups excluding carboxylic acids is 1. The van der Waals surface area contributed by atoms with Crippen LogP contribution in [0.4, 0.5) is 0 Å². The number of carbonyl (C=O) groups is 1. The monoisotopic (exact) mass is 224 g/mol. The minimum absolute atomic E-state index is 0.0334. The van der Waals surface area contributed by atoms with E-state index in [1.165, 1.54) is 9.75 Å². The molecule has 1 fully saturated rings. The number of hydrogen-bond acceptors (Lipinski definition) is 3. The molecule has 3 nitrogen and oxygen atoms in total. The fourth-order valence-corrected chi connectivity index (χ4v) is 2.62. The Bertz CT molecular complexity index is 342. The molecule has 1 aliphatic heterocycles. The van der Waals surface area contributed by atoms with Gasteiger partial charge in [0.05, 0.1) is 12.6 Å². The smallest absolute Gasteiger partial charge is 0.237 e. The normalized spacial score (nSPS) is 20.5. The lowest BCUT2D eigenvalue weighted by atomic mass is 10.2. The van der Waals surface area contributed by atoms with Crippen LogP contribution in [-0.4, -0.2) is 18.5 Å². The van der Waals surface area contributed by atoms with E-state index in [0.717, 1.165) is 19.4 Å². The van der Waals surface area contributed by atoms with Crippen LogP contribution in [0.25, 0.3) is 0 Å². The van der Waals surface area contributed by atoms with E-state index in [0.29, 0.717) is 6.54 Å². The zero-order valence-corrected chi connectivity index (χ0v) is 9.69. The number of nitrogens with one attached hydrogen (secondary N) is 2. The van der Waals surface area contributed by atoms with Gasteiger partial charge in [-0.15, -0.1) is 11.3 Å². The van der Waals surface area contributed by atoms with Crippen LogP contribution in [0.3, 0.4) is 0 Å². The second-order valence-corrected chi connectivity index (χ2v) is 5.25. The summed E-state index contributed by atoms with van der Waals surface area (Å²) in [5.41, 5.74) is 0. The number of amides is 1. The fourth-order valence-electron chi connectivity index (χ4n) is 1.79. The van der Waals surface area contributed by atoms with Crippen molar-refractivity contribution in [2.75, 3.05) is 6.54 Å². The molecule has 1 amide bonds. The third kappa shape index (κ3) is 2.79. The molecular formula is C11H16N2OS. The SMILES string of the molecule is Cc1ccc(CNC(=O)[C@@H]2CCCN2)s1. The summed E-state index contributed by atoms with van der Waals surface area (Å²) in [7, 11) is 0. The number of aryl methyl sites for hydroxylation is 1. The Hall–Kier alpha value is -0.870. The van der Waals surface area contributed by atoms with Gasteiger partial charge in [-0.3, -0.25) is 4.79 Å². The van der Waals surface area contributed by atoms with E-state index in [-0.39, 0.29) is 11.9 Å². The second kappa shape index (κ2) is 4.77. The molecule has 0 saturated carbocycles. The molecular weight excluding hydrogens is 208 g/mol. The summed E-state index contributed by atoms with van der Waals surface area (Å²) in [6.07, 6.45) is 2.07. The van der Waals surface area contributed by atoms with Crippen LogP contribution in [0.5, 0.6) is 0 Å². The average Bonchev–Trinajstić information content (AvgIpc) is 2.84. The fraction of sp³-hybridized carbons (Fsp3) is 0.545. The quantitative estimate of drug-likeness (QED) is 0.815. The first-order valence-electron chi connectivity index (χ1n) is 5.32. The molecule has 1 saturated heterocycles. The van der Waals surface area contributed by atoms with Crippen molar-refractivity contribution in [2.24, 2.45) is 0 Å². The summed E-state index contributed by atoms with van der Waals surface area (Å²) < 4.78 is 0. The largest absolute Gasteiger partial charge is 0.350 e. The Morgan fingerprint density at radius 1 is 1.67 bits per heavy atom. The Kier molecular flexibility index (Phi) is 3.38. The number of hydrogen-bond donors (Lipinski definition) is 2. The van der Waals surface area contributed by atoms with Gasteiger partial charge >= 0.3 is 0 Å². The van der Waals surface area contributed by atoms with Crippen molar-refractivity contribution in [2.45, 2.75) is 32.4 Å². The third-order valence-corrected chi connectivity index (χ3v) is 3.61. The summed E-state index contributed by atoms with van der Waals surface area (Å²) in [4.78, 5) is 14.2. The number of thiophene rings is 1. The molecule has 0 spiro atoms. The van der Waals surface area contributed by atoms with Gasteiger partial charge < -0.3 is 10.6 Å². The first-order chi connectivity index (χ1) is 7.25. The van der Waals surface area contributed by atoms with Crippen LogP contribution < -0.4 is 10.6 Å². The van der Waals surface area contributed by atoms with Gasteiger partial charge in [-0.1, -0.05) is 0 Å². The van der Waals surface area contributed by atoms with Gasteiger partial charge in [0.25, 0.3) is 0 Å². The van der Waals surface area contributed by atoms with E-state index >= 15 is 0 Å². The molecule has 2 heterocycles. The predicted octanol–water partition coefficient (Wildman–Crippen LogP) is 1.42. The van der Waals surface area contributed by atoms with E-state index in [1.54, 1.807) is 11.3 Å². The van der Waals surface area contributed by atoms with Crippen molar-refractivity contribution >= 4 is 17.2 Å². The lowest BCUT2D eigenvalue weighted by Crippen LogP contribution is -2.39. The van der Waals surface area contributed by atoms with Crippen LogP contribution in [0.15, 0.2) is 12.1 Å². The standard InChI is InChI=1S/C11H16N2OS/c1-8-4-5-9(15-8)7-13-11(14)10-3-2-6-12-10/h4-5,10,12H,2-3,6-7H2,1H3,(H,13,14)/t10-/m0/s1. The Labute approximate surface area is 93.9 Å². The second-order valence-electron chi connectivity index (χ2n) is 3.88. The molecule has 1 aromatic rings. The van der Waals surface area contributed by atoms with Crippen molar-refractivity contribution in [3.8, 4) is 0 Å². The van der Waals surface area contributed by atoms with Crippen LogP contribution >= 0.6 is 11.3 Å². The average molecular weight is 224 g/mol. The predicted molar refractivity (Wildman–Crippen MR) is 61.9 cm³/mol. The maximum absolute atomic E-state index is 11.7. The Balaban J connectivity index is 1.80. The van der Waals surface area contributed by atoms with E-state index in [1.807, 2.05) is 0 Å². The van der Waals surface area contributed by atoms with Gasteiger partial charge in [0, 0.05) is 9.75 Å². The Morgan fingerprint density at radius 2 is 2.53 bits per heavy atom. The van der Waals surface area contributed by atoms with E-state index in [2.05, 4.69) is 29.7 Å². The summed E-state index contributed by atoms with van der Waals surface area (Å²) >= 11 is 1.74. The van der Waals surface area contributed by atoms with Crippen LogP contribution in [0.2, 0.25) is 0 Å². The maximum atomic E-state index is 11.7. The van der Waals surface area contributed by atoms with Crippen LogP contribution in [0, 0.1) is 6.92 Å². The van der Waals surface area contributed by atoms with E-state index in [9.17, 15) is 4.79 Å². The Morgan fingerprint density at radius 3 is 3.13 bits per heavy atom. The van der Waals surface area contributed by atoms with Gasteiger partial charge in [0.1, 0.15) is 0 Å². The van der Waals surface area contributed by atoms with Crippen molar-refractivity contribution in [3.63, 3.8) is 0 Å². The first-order valence-corrected chi connectivity index (χ1v) is 6.14. The van der Waals surface area contributed by atoms with Gasteiger partial charge in [-0.2, -0.15) is 0 Å². The molecule has 0 aliphatic carbocycles. The topological polar surface area (TPSA) is 41.1 Å². The molecule has 4 heteroatoms. The zero-order valence-electron chi connectivity index (χ0n) is 8.88. The molecule has 15 heavy (non-hydrogen) atoms. The highest BCUT2D eigenvalue weighted by Gasteiger charge is 2.21. The molecule has 1 atom stereocenters. The molecule has 0 unspecified atom stereocenters. The molecule has 2 N–H and O–H groups in total. The third-order valence-electron chi connectivity index (χ3n) is 2.61. The summed E-state index contributed by atoms with van der Waals surface area (Å²) in [6.45, 7) is 3.71. The minimum Gasteiger partial charge on any atom is -0.350 e. The molecule has 1 aromatic heterocycles. The van der Waals surface area contributed by atoms with Crippen molar-refractivity contribution in [3.05, 3.63) is 21.9 Å². The maximum Gasteiger partial charge on any atom is 0.237 e. The molecule has 82 valence electrons. The van der Waals surface area contributed by atoms with Crippen molar-refractivity contribution in [1.82, 2.24) is 10.6 Å². The van der Waals surface area contributed by atoms with E-state index < -0.39 is 0 Å². The first kappa shape index (κ1) is 10.6. The van der Waals surface area contributed by atoms with Gasteiger partial charge in [-0.25, -0.2) is 0 Å². The summed E-state index contributed by atoms with van der Waals surface area (Å²) in [5, 5.41) is 6.15. The summed E-state index contributed by atoms with van der Waals surface area (Å²) in [6, 6.07) is 4.19. The molecule has 0 radical (unpaired) electrons. The molecule has 2 rings (SSSR count). The molecule has 1 aliphatic rings. The van der Waals surface area contributed by atoms with Gasteiger partial charge in [-0.05, 0) is 38.4 Å². The highest BCUT2D eigenvalue weighted by molar-refractivity contribution is 7.11. The van der Waals surface area contributed by atoms with Crippen LogP contribution in [0.1, 0.15) is 22.6 Å². The molecule has 0 bridgehead atoms. The lowest BCUT2D eigenvalue weighted by molar-refractivity contribution is -0.122. The van der Waals surface area contributed by atoms with Crippen LogP contribution in [-0.2, 0) is 11.3 Å². The zero-order chi connectivity index (χ0) is 10.7. The van der Waals surface area contributed by atoms with Gasteiger partial charge in [0.15, 0.2) is 0 Å². The number of rotatable bonds is 3.